The Morgan fingerprint density at radius 3 is 1.89 bits per heavy atom. The van der Waals surface area contributed by atoms with Crippen LogP contribution in [0.5, 0.6) is 0 Å². The van der Waals surface area contributed by atoms with Crippen molar-refractivity contribution in [3.8, 4) is 0 Å². The van der Waals surface area contributed by atoms with Crippen molar-refractivity contribution in [1.82, 2.24) is 10.6 Å². The Kier molecular flexibility index (Phi) is 14.1. The number of nitrogens with one attached hydrogen (secondary N) is 2. The van der Waals surface area contributed by atoms with E-state index < -0.39 is 63.3 Å². The van der Waals surface area contributed by atoms with Crippen LogP contribution in [-0.2, 0) is 23.9 Å². The average Bonchev–Trinajstić information content (AvgIpc) is 2.92. The molecule has 0 aliphatic heterocycles. The molecule has 0 saturated carbocycles. The van der Waals surface area contributed by atoms with E-state index in [0.717, 1.165) is 27.7 Å². The summed E-state index contributed by atoms with van der Waals surface area (Å²) in [5.74, 6) is -5.52. The molecule has 0 aromatic heterocycles. The number of amides is 2. The van der Waals surface area contributed by atoms with Crippen molar-refractivity contribution in [1.29, 1.82) is 0 Å². The largest absolute Gasteiger partial charge is 0.459 e. The summed E-state index contributed by atoms with van der Waals surface area (Å²) in [7, 11) is 2.22. The maximum atomic E-state index is 14.6. The number of carbonyl (C=O) groups excluding carboxylic acids is 4. The van der Waals surface area contributed by atoms with Crippen LogP contribution in [0, 0.1) is 23.5 Å². The summed E-state index contributed by atoms with van der Waals surface area (Å²) in [6.07, 6.45) is 0.0790. The molecule has 0 bridgehead atoms. The van der Waals surface area contributed by atoms with Crippen LogP contribution < -0.4 is 10.6 Å². The van der Waals surface area contributed by atoms with Gasteiger partial charge in [-0.05, 0) is 91.5 Å². The van der Waals surface area contributed by atoms with Crippen molar-refractivity contribution < 1.29 is 37.4 Å². The Bertz CT molecular complexity index is 1380. The van der Waals surface area contributed by atoms with Crippen LogP contribution in [0.3, 0.4) is 0 Å². The van der Waals surface area contributed by atoms with Gasteiger partial charge in [0.05, 0.1) is 10.5 Å². The van der Waals surface area contributed by atoms with Crippen molar-refractivity contribution >= 4 is 45.3 Å². The summed E-state index contributed by atoms with van der Waals surface area (Å²) in [5, 5.41) is 5.42. The molecule has 2 N–H and O–H groups in total. The van der Waals surface area contributed by atoms with Crippen LogP contribution in [-0.4, -0.2) is 52.3 Å². The molecule has 0 heterocycles. The Hall–Kier alpha value is -3.12. The lowest BCUT2D eigenvalue weighted by Gasteiger charge is -2.33. The first-order valence-corrected chi connectivity index (χ1v) is 17.2. The number of benzene rings is 2. The van der Waals surface area contributed by atoms with Crippen LogP contribution in [0.4, 0.5) is 8.78 Å². The van der Waals surface area contributed by atoms with E-state index in [9.17, 15) is 28.0 Å². The molecule has 0 radical (unpaired) electrons. The first-order chi connectivity index (χ1) is 21.2. The maximum Gasteiger partial charge on any atom is 0.329 e. The standard InChI is InChI=1S/C34H46F2N2O6S2/c1-21(2)18-26(31(42)44-33(6,7)8)38-29(40)23(30(41)43-32(3,4)5)19-34(9,46-45-27-17-13-12-16-25(27)36)20-37-28(39)22-14-10-11-15-24(22)35/h10-17,21,23,26H,18-20H2,1-9H3,(H,37,39)(H,38,40). The van der Waals surface area contributed by atoms with Crippen LogP contribution in [0.2, 0.25) is 0 Å². The topological polar surface area (TPSA) is 111 Å². The third-order valence-electron chi connectivity index (χ3n) is 6.27. The summed E-state index contributed by atoms with van der Waals surface area (Å²) >= 11 is 0. The molecule has 0 saturated heterocycles. The van der Waals surface area contributed by atoms with Crippen molar-refractivity contribution in [2.45, 2.75) is 102 Å². The van der Waals surface area contributed by atoms with Gasteiger partial charge in [-0.25, -0.2) is 13.6 Å². The Labute approximate surface area is 278 Å². The molecular formula is C34H46F2N2O6S2. The summed E-state index contributed by atoms with van der Waals surface area (Å²) in [5.41, 5.74) is -1.92. The van der Waals surface area contributed by atoms with Gasteiger partial charge in [0.1, 0.15) is 34.8 Å². The van der Waals surface area contributed by atoms with Gasteiger partial charge >= 0.3 is 11.9 Å². The summed E-state index contributed by atoms with van der Waals surface area (Å²) < 4.78 is 39.0. The molecule has 0 spiro atoms. The number of hydrogen-bond acceptors (Lipinski definition) is 8. The number of halogens is 2. The lowest BCUT2D eigenvalue weighted by Crippen LogP contribution is -2.51. The number of ether oxygens (including phenoxy) is 2. The van der Waals surface area contributed by atoms with E-state index in [4.69, 9.17) is 9.47 Å². The molecule has 254 valence electrons. The van der Waals surface area contributed by atoms with Crippen molar-refractivity contribution in [3.05, 3.63) is 65.7 Å². The molecule has 2 aromatic rings. The molecular weight excluding hydrogens is 635 g/mol. The molecule has 2 aromatic carbocycles. The summed E-state index contributed by atoms with van der Waals surface area (Å²) in [4.78, 5) is 53.9. The van der Waals surface area contributed by atoms with Crippen molar-refractivity contribution in [2.75, 3.05) is 6.54 Å². The van der Waals surface area contributed by atoms with E-state index in [0.29, 0.717) is 4.90 Å². The third-order valence-corrected chi connectivity index (χ3v) is 9.57. The molecule has 8 nitrogen and oxygen atoms in total. The first kappa shape index (κ1) is 39.1. The van der Waals surface area contributed by atoms with E-state index in [2.05, 4.69) is 10.6 Å². The zero-order chi connectivity index (χ0) is 34.9. The van der Waals surface area contributed by atoms with Gasteiger partial charge in [-0.15, -0.1) is 0 Å². The smallest absolute Gasteiger partial charge is 0.329 e. The number of hydrogen-bond donors (Lipinski definition) is 2. The molecule has 3 atom stereocenters. The fraction of sp³-hybridized carbons (Fsp3) is 0.529. The minimum atomic E-state index is -1.43. The van der Waals surface area contributed by atoms with Crippen LogP contribution in [0.1, 0.15) is 85.5 Å². The number of rotatable bonds is 14. The molecule has 46 heavy (non-hydrogen) atoms. The Morgan fingerprint density at radius 1 is 0.804 bits per heavy atom. The number of carbonyl (C=O) groups is 4. The van der Waals surface area contributed by atoms with Gasteiger partial charge in [-0.1, -0.05) is 59.7 Å². The zero-order valence-corrected chi connectivity index (χ0v) is 29.6. The lowest BCUT2D eigenvalue weighted by molar-refractivity contribution is -0.166. The van der Waals surface area contributed by atoms with Crippen LogP contribution in [0.25, 0.3) is 0 Å². The third kappa shape index (κ3) is 13.3. The molecule has 2 rings (SSSR count). The van der Waals surface area contributed by atoms with Gasteiger partial charge in [-0.2, -0.15) is 0 Å². The van der Waals surface area contributed by atoms with Gasteiger partial charge in [0.2, 0.25) is 5.91 Å². The quantitative estimate of drug-likeness (QED) is 0.123. The second-order valence-corrected chi connectivity index (χ2v) is 16.5. The molecule has 2 amide bonds. The molecule has 0 aliphatic carbocycles. The molecule has 3 unspecified atom stereocenters. The fourth-order valence-corrected chi connectivity index (χ4v) is 6.82. The fourth-order valence-electron chi connectivity index (χ4n) is 4.22. The predicted octanol–water partition coefficient (Wildman–Crippen LogP) is 7.11. The average molecular weight is 681 g/mol. The van der Waals surface area contributed by atoms with Crippen LogP contribution >= 0.6 is 21.6 Å². The van der Waals surface area contributed by atoms with Gasteiger partial charge in [0.25, 0.3) is 5.91 Å². The van der Waals surface area contributed by atoms with E-state index >= 15 is 0 Å². The number of esters is 2. The maximum absolute atomic E-state index is 14.6. The SMILES string of the molecule is CC(C)CC(NC(=O)C(CC(C)(CNC(=O)c1ccccc1F)SSc1ccccc1F)C(=O)OC(C)(C)C)C(=O)OC(C)(C)C. The normalized spacial score (nSPS) is 14.5. The highest BCUT2D eigenvalue weighted by atomic mass is 33.1. The van der Waals surface area contributed by atoms with Crippen LogP contribution in [0.15, 0.2) is 53.4 Å². The minimum Gasteiger partial charge on any atom is -0.459 e. The highest BCUT2D eigenvalue weighted by Crippen LogP contribution is 2.45. The van der Waals surface area contributed by atoms with E-state index in [1.165, 1.54) is 24.3 Å². The van der Waals surface area contributed by atoms with E-state index in [1.54, 1.807) is 66.7 Å². The molecule has 12 heteroatoms. The summed E-state index contributed by atoms with van der Waals surface area (Å²) in [6.45, 7) is 15.5. The second-order valence-electron chi connectivity index (χ2n) is 13.7. The van der Waals surface area contributed by atoms with Gasteiger partial charge in [0.15, 0.2) is 0 Å². The van der Waals surface area contributed by atoms with Gasteiger partial charge in [-0.3, -0.25) is 14.4 Å². The monoisotopic (exact) mass is 680 g/mol. The van der Waals surface area contributed by atoms with Crippen molar-refractivity contribution in [2.24, 2.45) is 11.8 Å². The van der Waals surface area contributed by atoms with Gasteiger partial charge in [0, 0.05) is 11.3 Å². The second kappa shape index (κ2) is 16.6. The Morgan fingerprint density at radius 2 is 1.35 bits per heavy atom. The lowest BCUT2D eigenvalue weighted by atomic mass is 9.92. The van der Waals surface area contributed by atoms with Gasteiger partial charge < -0.3 is 20.1 Å². The first-order valence-electron chi connectivity index (χ1n) is 15.1. The van der Waals surface area contributed by atoms with E-state index in [-0.39, 0.29) is 30.9 Å². The Balaban J connectivity index is 2.46. The molecule has 0 fully saturated rings. The zero-order valence-electron chi connectivity index (χ0n) is 28.0. The highest BCUT2D eigenvalue weighted by Gasteiger charge is 2.41. The molecule has 0 aliphatic rings. The minimum absolute atomic E-state index is 0.00406. The van der Waals surface area contributed by atoms with Crippen molar-refractivity contribution in [3.63, 3.8) is 0 Å². The summed E-state index contributed by atoms with van der Waals surface area (Å²) in [6, 6.07) is 10.6. The van der Waals surface area contributed by atoms with E-state index in [1.807, 2.05) is 13.8 Å². The predicted molar refractivity (Wildman–Crippen MR) is 178 cm³/mol. The highest BCUT2D eigenvalue weighted by molar-refractivity contribution is 8.77.